The van der Waals surface area contributed by atoms with Gasteiger partial charge in [-0.1, -0.05) is 43.0 Å². The molecule has 0 radical (unpaired) electrons. The summed E-state index contributed by atoms with van der Waals surface area (Å²) < 4.78 is 0. The highest BCUT2D eigenvalue weighted by Crippen LogP contribution is 2.19. The number of hydrogen-bond donors (Lipinski definition) is 1. The Hall–Kier alpha value is -1.80. The minimum absolute atomic E-state index is 0.159. The number of nitrogens with zero attached hydrogens (tertiary/aromatic N) is 1. The van der Waals surface area contributed by atoms with Gasteiger partial charge in [-0.05, 0) is 30.2 Å². The van der Waals surface area contributed by atoms with Crippen molar-refractivity contribution in [1.82, 2.24) is 0 Å². The van der Waals surface area contributed by atoms with Gasteiger partial charge in [-0.15, -0.1) is 0 Å². The molecule has 0 saturated heterocycles. The zero-order chi connectivity index (χ0) is 13.5. The summed E-state index contributed by atoms with van der Waals surface area (Å²) in [5.74, 6) is 0. The molecule has 1 aromatic carbocycles. The Kier molecular flexibility index (Phi) is 5.40. The van der Waals surface area contributed by atoms with E-state index in [4.69, 9.17) is 5.11 Å². The summed E-state index contributed by atoms with van der Waals surface area (Å²) in [7, 11) is 1.96. The second-order valence-electron chi connectivity index (χ2n) is 4.40. The summed E-state index contributed by atoms with van der Waals surface area (Å²) in [6, 6.07) is 8.14. The lowest BCUT2D eigenvalue weighted by Crippen LogP contribution is -2.20. The highest BCUT2D eigenvalue weighted by atomic mass is 16.3. The Balaban J connectivity index is 2.76. The van der Waals surface area contributed by atoms with Crippen molar-refractivity contribution in [3.8, 4) is 0 Å². The smallest absolute Gasteiger partial charge is 0.0606 e. The molecule has 2 heteroatoms. The predicted molar refractivity (Wildman–Crippen MR) is 79.8 cm³/mol. The summed E-state index contributed by atoms with van der Waals surface area (Å²) in [6.07, 6.45) is 3.92. The van der Waals surface area contributed by atoms with E-state index in [-0.39, 0.29) is 6.61 Å². The first-order valence-corrected chi connectivity index (χ1v) is 5.99. The second kappa shape index (κ2) is 6.82. The molecule has 0 amide bonds. The first-order valence-electron chi connectivity index (χ1n) is 5.99. The standard InChI is InChI=1S/C16H21NO/c1-13(2)5-6-14(3)15-7-9-16(10-8-15)17(4)11-12-18/h5-10,18H,1,3,11-12H2,2,4H3/b6-5-. The van der Waals surface area contributed by atoms with Crippen LogP contribution < -0.4 is 4.90 Å². The molecule has 0 aliphatic carbocycles. The number of aliphatic hydroxyl groups excluding tert-OH is 1. The first kappa shape index (κ1) is 14.3. The van der Waals surface area contributed by atoms with Crippen LogP contribution in [0.4, 0.5) is 5.69 Å². The highest BCUT2D eigenvalue weighted by molar-refractivity contribution is 5.73. The molecule has 0 aliphatic rings. The monoisotopic (exact) mass is 243 g/mol. The van der Waals surface area contributed by atoms with Crippen LogP contribution in [0.5, 0.6) is 0 Å². The van der Waals surface area contributed by atoms with E-state index in [2.05, 4.69) is 13.2 Å². The summed E-state index contributed by atoms with van der Waals surface area (Å²) in [6.45, 7) is 10.6. The highest BCUT2D eigenvalue weighted by Gasteiger charge is 2.00. The van der Waals surface area contributed by atoms with E-state index >= 15 is 0 Å². The lowest BCUT2D eigenvalue weighted by atomic mass is 10.1. The Morgan fingerprint density at radius 1 is 1.22 bits per heavy atom. The van der Waals surface area contributed by atoms with Crippen molar-refractivity contribution in [3.63, 3.8) is 0 Å². The zero-order valence-corrected chi connectivity index (χ0v) is 11.2. The van der Waals surface area contributed by atoms with E-state index in [0.717, 1.165) is 22.4 Å². The van der Waals surface area contributed by atoms with Gasteiger partial charge in [0.05, 0.1) is 6.61 Å². The molecule has 0 bridgehead atoms. The van der Waals surface area contributed by atoms with Crippen LogP contribution in [0, 0.1) is 0 Å². The van der Waals surface area contributed by atoms with E-state index in [1.807, 2.05) is 55.3 Å². The molecule has 18 heavy (non-hydrogen) atoms. The van der Waals surface area contributed by atoms with Gasteiger partial charge in [0.15, 0.2) is 0 Å². The zero-order valence-electron chi connectivity index (χ0n) is 11.2. The van der Waals surface area contributed by atoms with E-state index < -0.39 is 0 Å². The molecule has 2 nitrogen and oxygen atoms in total. The van der Waals surface area contributed by atoms with Gasteiger partial charge in [0.2, 0.25) is 0 Å². The average molecular weight is 243 g/mol. The van der Waals surface area contributed by atoms with Crippen molar-refractivity contribution in [3.05, 3.63) is 60.7 Å². The fourth-order valence-corrected chi connectivity index (χ4v) is 1.55. The van der Waals surface area contributed by atoms with Crippen LogP contribution in [0.25, 0.3) is 5.57 Å². The third-order valence-electron chi connectivity index (χ3n) is 2.68. The summed E-state index contributed by atoms with van der Waals surface area (Å²) >= 11 is 0. The molecule has 0 saturated carbocycles. The summed E-state index contributed by atoms with van der Waals surface area (Å²) in [4.78, 5) is 2.01. The maximum Gasteiger partial charge on any atom is 0.0606 e. The quantitative estimate of drug-likeness (QED) is 0.775. The summed E-state index contributed by atoms with van der Waals surface area (Å²) in [5.41, 5.74) is 4.16. The average Bonchev–Trinajstić information content (AvgIpc) is 2.36. The van der Waals surface area contributed by atoms with Gasteiger partial charge in [-0.2, -0.15) is 0 Å². The van der Waals surface area contributed by atoms with Gasteiger partial charge in [0, 0.05) is 19.3 Å². The second-order valence-corrected chi connectivity index (χ2v) is 4.40. The number of hydrogen-bond acceptors (Lipinski definition) is 2. The Labute approximate surface area is 110 Å². The van der Waals surface area contributed by atoms with E-state index in [0.29, 0.717) is 6.54 Å². The normalized spacial score (nSPS) is 10.6. The van der Waals surface area contributed by atoms with Gasteiger partial charge in [-0.25, -0.2) is 0 Å². The molecule has 0 aromatic heterocycles. The molecule has 1 rings (SSSR count). The Bertz CT molecular complexity index is 443. The molecular weight excluding hydrogens is 222 g/mol. The third-order valence-corrected chi connectivity index (χ3v) is 2.68. The van der Waals surface area contributed by atoms with Crippen LogP contribution >= 0.6 is 0 Å². The van der Waals surface area contributed by atoms with Crippen LogP contribution in [0.15, 0.2) is 55.1 Å². The van der Waals surface area contributed by atoms with Crippen LogP contribution in [0.1, 0.15) is 12.5 Å². The molecule has 0 aliphatic heterocycles. The molecule has 0 atom stereocenters. The number of aliphatic hydroxyl groups is 1. The van der Waals surface area contributed by atoms with Crippen molar-refractivity contribution in [1.29, 1.82) is 0 Å². The molecule has 0 heterocycles. The van der Waals surface area contributed by atoms with Crippen LogP contribution in [-0.4, -0.2) is 25.3 Å². The van der Waals surface area contributed by atoms with Crippen LogP contribution in [-0.2, 0) is 0 Å². The molecule has 0 unspecified atom stereocenters. The number of anilines is 1. The fraction of sp³-hybridized carbons (Fsp3) is 0.250. The van der Waals surface area contributed by atoms with Crippen LogP contribution in [0.2, 0.25) is 0 Å². The summed E-state index contributed by atoms with van der Waals surface area (Å²) in [5, 5.41) is 8.89. The molecular formula is C16H21NO. The Morgan fingerprint density at radius 2 is 1.83 bits per heavy atom. The number of rotatable bonds is 6. The fourth-order valence-electron chi connectivity index (χ4n) is 1.55. The Morgan fingerprint density at radius 3 is 2.33 bits per heavy atom. The van der Waals surface area contributed by atoms with Gasteiger partial charge in [-0.3, -0.25) is 0 Å². The predicted octanol–water partition coefficient (Wildman–Crippen LogP) is 3.26. The van der Waals surface area contributed by atoms with Crippen molar-refractivity contribution in [2.75, 3.05) is 25.1 Å². The molecule has 0 spiro atoms. The lowest BCUT2D eigenvalue weighted by Gasteiger charge is -2.18. The van der Waals surface area contributed by atoms with Crippen molar-refractivity contribution >= 4 is 11.3 Å². The van der Waals surface area contributed by atoms with Gasteiger partial charge < -0.3 is 10.0 Å². The van der Waals surface area contributed by atoms with Gasteiger partial charge >= 0.3 is 0 Å². The first-order chi connectivity index (χ1) is 8.54. The van der Waals surface area contributed by atoms with E-state index in [1.165, 1.54) is 0 Å². The molecule has 0 fully saturated rings. The van der Waals surface area contributed by atoms with Gasteiger partial charge in [0.25, 0.3) is 0 Å². The minimum Gasteiger partial charge on any atom is -0.395 e. The topological polar surface area (TPSA) is 23.5 Å². The molecule has 1 N–H and O–H groups in total. The number of benzene rings is 1. The van der Waals surface area contributed by atoms with Crippen molar-refractivity contribution in [2.24, 2.45) is 0 Å². The van der Waals surface area contributed by atoms with Gasteiger partial charge in [0.1, 0.15) is 0 Å². The minimum atomic E-state index is 0.159. The van der Waals surface area contributed by atoms with Crippen LogP contribution in [0.3, 0.4) is 0 Å². The SMILES string of the molecule is C=C(C)/C=C\C(=C)c1ccc(N(C)CCO)cc1. The molecule has 1 aromatic rings. The largest absolute Gasteiger partial charge is 0.395 e. The maximum absolute atomic E-state index is 8.89. The van der Waals surface area contributed by atoms with Crippen molar-refractivity contribution in [2.45, 2.75) is 6.92 Å². The van der Waals surface area contributed by atoms with E-state index in [9.17, 15) is 0 Å². The van der Waals surface area contributed by atoms with E-state index in [1.54, 1.807) is 0 Å². The number of allylic oxidation sites excluding steroid dienone is 4. The lowest BCUT2D eigenvalue weighted by molar-refractivity contribution is 0.304. The van der Waals surface area contributed by atoms with Crippen molar-refractivity contribution < 1.29 is 5.11 Å². The molecule has 96 valence electrons. The third kappa shape index (κ3) is 4.22. The number of likely N-dealkylation sites (N-methyl/N-ethyl adjacent to an activating group) is 1. The maximum atomic E-state index is 8.89.